The maximum Gasteiger partial charge on any atom is 0.257 e. The molecule has 7 nitrogen and oxygen atoms in total. The van der Waals surface area contributed by atoms with E-state index >= 15 is 0 Å². The van der Waals surface area contributed by atoms with Crippen LogP contribution in [0.15, 0.2) is 16.8 Å². The normalized spacial score (nSPS) is 22.7. The Labute approximate surface area is 121 Å². The number of hydrogen-bond donors (Lipinski definition) is 1. The van der Waals surface area contributed by atoms with Crippen LogP contribution in [0.3, 0.4) is 0 Å². The number of morpholine rings is 1. The molecule has 3 rings (SSSR count). The number of pyridine rings is 1. The van der Waals surface area contributed by atoms with Crippen LogP contribution in [-0.4, -0.2) is 58.0 Å². The van der Waals surface area contributed by atoms with Crippen LogP contribution in [0, 0.1) is 6.92 Å². The fourth-order valence-corrected chi connectivity index (χ4v) is 2.44. The summed E-state index contributed by atoms with van der Waals surface area (Å²) in [5.74, 6) is -0.126. The maximum atomic E-state index is 12.6. The number of nitrogens with zero attached hydrogens (tertiary/aromatic N) is 3. The van der Waals surface area contributed by atoms with Gasteiger partial charge in [-0.05, 0) is 19.9 Å². The fourth-order valence-electron chi connectivity index (χ4n) is 2.44. The van der Waals surface area contributed by atoms with Crippen LogP contribution < -0.4 is 0 Å². The van der Waals surface area contributed by atoms with Crippen LogP contribution >= 0.6 is 0 Å². The predicted octanol–water partition coefficient (Wildman–Crippen LogP) is 0.753. The molecule has 1 aliphatic rings. The Bertz CT molecular complexity index is 669. The number of ether oxygens (including phenoxy) is 1. The second kappa shape index (κ2) is 5.42. The molecule has 1 aliphatic heterocycles. The van der Waals surface area contributed by atoms with Crippen molar-refractivity contribution in [1.82, 2.24) is 15.0 Å². The number of aliphatic hydroxyl groups is 1. The molecule has 1 fully saturated rings. The van der Waals surface area contributed by atoms with E-state index in [0.717, 1.165) is 5.39 Å². The third kappa shape index (κ3) is 2.50. The Morgan fingerprint density at radius 3 is 3.14 bits per heavy atom. The van der Waals surface area contributed by atoms with Gasteiger partial charge in [-0.25, -0.2) is 4.98 Å². The van der Waals surface area contributed by atoms with Crippen molar-refractivity contribution < 1.29 is 19.2 Å². The molecule has 0 aromatic carbocycles. The Morgan fingerprint density at radius 1 is 1.57 bits per heavy atom. The molecular weight excluding hydrogens is 274 g/mol. The number of rotatable bonds is 2. The van der Waals surface area contributed by atoms with E-state index in [9.17, 15) is 9.90 Å². The Morgan fingerprint density at radius 2 is 2.38 bits per heavy atom. The van der Waals surface area contributed by atoms with E-state index < -0.39 is 0 Å². The summed E-state index contributed by atoms with van der Waals surface area (Å²) in [4.78, 5) is 18.5. The first-order valence-electron chi connectivity index (χ1n) is 6.85. The Hall–Kier alpha value is -1.99. The molecule has 0 spiro atoms. The van der Waals surface area contributed by atoms with E-state index in [4.69, 9.17) is 9.26 Å². The summed E-state index contributed by atoms with van der Waals surface area (Å²) in [6.45, 7) is 4.41. The number of amides is 1. The summed E-state index contributed by atoms with van der Waals surface area (Å²) in [5.41, 5.74) is 1.61. The van der Waals surface area contributed by atoms with Gasteiger partial charge in [0, 0.05) is 12.7 Å². The molecule has 1 N–H and O–H groups in total. The minimum atomic E-state index is -0.334. The van der Waals surface area contributed by atoms with E-state index in [2.05, 4.69) is 10.1 Å². The van der Waals surface area contributed by atoms with Gasteiger partial charge in [0.05, 0.1) is 42.0 Å². The van der Waals surface area contributed by atoms with Crippen LogP contribution in [0.1, 0.15) is 23.0 Å². The van der Waals surface area contributed by atoms with Crippen molar-refractivity contribution in [1.29, 1.82) is 0 Å². The summed E-state index contributed by atoms with van der Waals surface area (Å²) in [6, 6.07) is 1.70. The lowest BCUT2D eigenvalue weighted by atomic mass is 10.1. The number of fused-ring (bicyclic) bond motifs is 1. The van der Waals surface area contributed by atoms with E-state index in [1.807, 2.05) is 6.92 Å². The van der Waals surface area contributed by atoms with Gasteiger partial charge in [0.15, 0.2) is 0 Å². The van der Waals surface area contributed by atoms with Gasteiger partial charge >= 0.3 is 0 Å². The molecule has 2 aromatic heterocycles. The number of aromatic nitrogens is 2. The van der Waals surface area contributed by atoms with E-state index in [1.165, 1.54) is 6.20 Å². The Kier molecular flexibility index (Phi) is 3.60. The second-order valence-corrected chi connectivity index (χ2v) is 5.29. The van der Waals surface area contributed by atoms with Crippen molar-refractivity contribution in [2.45, 2.75) is 26.0 Å². The summed E-state index contributed by atoms with van der Waals surface area (Å²) < 4.78 is 10.5. The highest BCUT2D eigenvalue weighted by atomic mass is 16.5. The van der Waals surface area contributed by atoms with Gasteiger partial charge < -0.3 is 19.3 Å². The van der Waals surface area contributed by atoms with Gasteiger partial charge in [-0.1, -0.05) is 5.16 Å². The van der Waals surface area contributed by atoms with Gasteiger partial charge in [-0.2, -0.15) is 0 Å². The van der Waals surface area contributed by atoms with Crippen molar-refractivity contribution in [3.05, 3.63) is 23.5 Å². The molecular formula is C14H17N3O4. The number of carbonyl (C=O) groups is 1. The summed E-state index contributed by atoms with van der Waals surface area (Å²) >= 11 is 0. The first-order valence-corrected chi connectivity index (χ1v) is 6.85. The number of hydrogen-bond acceptors (Lipinski definition) is 6. The van der Waals surface area contributed by atoms with Crippen molar-refractivity contribution in [2.75, 3.05) is 19.8 Å². The molecule has 1 amide bonds. The zero-order valence-corrected chi connectivity index (χ0v) is 11.9. The highest BCUT2D eigenvalue weighted by Crippen LogP contribution is 2.20. The van der Waals surface area contributed by atoms with Gasteiger partial charge in [0.1, 0.15) is 0 Å². The van der Waals surface area contributed by atoms with Crippen molar-refractivity contribution in [3.8, 4) is 0 Å². The number of aliphatic hydroxyl groups excluding tert-OH is 1. The zero-order valence-electron chi connectivity index (χ0n) is 11.9. The van der Waals surface area contributed by atoms with Gasteiger partial charge in [-0.3, -0.25) is 4.79 Å². The van der Waals surface area contributed by atoms with E-state index in [1.54, 1.807) is 17.9 Å². The minimum Gasteiger partial charge on any atom is -0.394 e. The van der Waals surface area contributed by atoms with Crippen molar-refractivity contribution >= 4 is 17.0 Å². The quantitative estimate of drug-likeness (QED) is 0.878. The summed E-state index contributed by atoms with van der Waals surface area (Å²) in [5, 5.41) is 13.8. The van der Waals surface area contributed by atoms with Crippen LogP contribution in [0.2, 0.25) is 0 Å². The largest absolute Gasteiger partial charge is 0.394 e. The van der Waals surface area contributed by atoms with E-state index in [-0.39, 0.29) is 24.7 Å². The van der Waals surface area contributed by atoms with Gasteiger partial charge in [0.25, 0.3) is 11.6 Å². The molecule has 21 heavy (non-hydrogen) atoms. The van der Waals surface area contributed by atoms with Gasteiger partial charge in [0.2, 0.25) is 0 Å². The van der Waals surface area contributed by atoms with Crippen LogP contribution in [0.25, 0.3) is 11.1 Å². The smallest absolute Gasteiger partial charge is 0.257 e. The summed E-state index contributed by atoms with van der Waals surface area (Å²) in [6.07, 6.45) is 1.16. The Balaban J connectivity index is 1.89. The predicted molar refractivity (Wildman–Crippen MR) is 73.9 cm³/mol. The second-order valence-electron chi connectivity index (χ2n) is 5.29. The zero-order chi connectivity index (χ0) is 15.0. The highest BCUT2D eigenvalue weighted by Gasteiger charge is 2.30. The first kappa shape index (κ1) is 14.0. The molecule has 0 aliphatic carbocycles. The van der Waals surface area contributed by atoms with Crippen LogP contribution in [-0.2, 0) is 4.74 Å². The molecule has 112 valence electrons. The monoisotopic (exact) mass is 291 g/mol. The highest BCUT2D eigenvalue weighted by molar-refractivity contribution is 5.97. The van der Waals surface area contributed by atoms with Gasteiger partial charge in [-0.15, -0.1) is 0 Å². The van der Waals surface area contributed by atoms with Crippen LogP contribution in [0.5, 0.6) is 0 Å². The molecule has 0 radical (unpaired) electrons. The molecule has 2 unspecified atom stereocenters. The molecule has 0 bridgehead atoms. The van der Waals surface area contributed by atoms with Crippen molar-refractivity contribution in [2.24, 2.45) is 0 Å². The first-order chi connectivity index (χ1) is 10.1. The average molecular weight is 291 g/mol. The lowest BCUT2D eigenvalue weighted by molar-refractivity contribution is -0.0667. The minimum absolute atomic E-state index is 0.0421. The van der Waals surface area contributed by atoms with Crippen LogP contribution in [0.4, 0.5) is 0 Å². The number of carbonyl (C=O) groups excluding carboxylic acids is 1. The van der Waals surface area contributed by atoms with E-state index in [0.29, 0.717) is 30.1 Å². The molecule has 0 saturated carbocycles. The lowest BCUT2D eigenvalue weighted by Crippen LogP contribution is -2.52. The lowest BCUT2D eigenvalue weighted by Gasteiger charge is -2.37. The molecule has 7 heteroatoms. The topological polar surface area (TPSA) is 88.7 Å². The fraction of sp³-hybridized carbons (Fsp3) is 0.500. The third-order valence-electron chi connectivity index (χ3n) is 3.73. The molecule has 2 aromatic rings. The molecule has 1 saturated heterocycles. The standard InChI is InChI=1S/C14H17N3O4/c1-8-7-20-11(6-18)5-17(8)14(19)10-3-12-9(2)16-21-13(12)15-4-10/h3-4,8,11,18H,5-7H2,1-2H3. The van der Waals surface area contributed by atoms with Crippen molar-refractivity contribution in [3.63, 3.8) is 0 Å². The average Bonchev–Trinajstić information content (AvgIpc) is 2.88. The number of aryl methyl sites for hydroxylation is 1. The molecule has 2 atom stereocenters. The summed E-state index contributed by atoms with van der Waals surface area (Å²) in [7, 11) is 0. The maximum absolute atomic E-state index is 12.6. The molecule has 3 heterocycles. The third-order valence-corrected chi connectivity index (χ3v) is 3.73. The SMILES string of the molecule is Cc1noc2ncc(C(=O)N3CC(CO)OCC3C)cc12.